The highest BCUT2D eigenvalue weighted by Crippen LogP contribution is 2.31. The Bertz CT molecular complexity index is 563. The van der Waals surface area contributed by atoms with Gasteiger partial charge in [0.15, 0.2) is 0 Å². The highest BCUT2D eigenvalue weighted by Gasteiger charge is 2.22. The van der Waals surface area contributed by atoms with Crippen molar-refractivity contribution in [2.24, 2.45) is 5.73 Å². The van der Waals surface area contributed by atoms with Crippen LogP contribution in [-0.2, 0) is 0 Å². The zero-order chi connectivity index (χ0) is 14.7. The van der Waals surface area contributed by atoms with Gasteiger partial charge in [0.1, 0.15) is 11.6 Å². The smallest absolute Gasteiger partial charge is 0.123 e. The number of benzene rings is 2. The molecule has 0 fully saturated rings. The molecule has 3 N–H and O–H groups in total. The van der Waals surface area contributed by atoms with Crippen molar-refractivity contribution in [3.8, 4) is 0 Å². The average Bonchev–Trinajstić information content (AvgIpc) is 2.40. The Morgan fingerprint density at radius 3 is 2.20 bits per heavy atom. The molecule has 0 bridgehead atoms. The van der Waals surface area contributed by atoms with Gasteiger partial charge in [0.05, 0.1) is 6.10 Å². The third kappa shape index (κ3) is 3.21. The molecule has 0 aliphatic rings. The zero-order valence-electron chi connectivity index (χ0n) is 11.2. The molecule has 106 valence electrons. The van der Waals surface area contributed by atoms with Crippen LogP contribution in [-0.4, -0.2) is 11.7 Å². The molecule has 2 rings (SSSR count). The maximum absolute atomic E-state index is 13.4. The van der Waals surface area contributed by atoms with Crippen molar-refractivity contribution in [3.63, 3.8) is 0 Å². The van der Waals surface area contributed by atoms with E-state index >= 15 is 0 Å². The first kappa shape index (κ1) is 14.6. The van der Waals surface area contributed by atoms with Crippen LogP contribution in [0, 0.1) is 18.6 Å². The Morgan fingerprint density at radius 1 is 1.00 bits per heavy atom. The lowest BCUT2D eigenvalue weighted by Gasteiger charge is -2.22. The topological polar surface area (TPSA) is 46.2 Å². The molecule has 0 saturated heterocycles. The van der Waals surface area contributed by atoms with Gasteiger partial charge in [-0.2, -0.15) is 0 Å². The third-order valence-corrected chi connectivity index (χ3v) is 3.34. The summed E-state index contributed by atoms with van der Waals surface area (Å²) in [5.74, 6) is -1.15. The maximum atomic E-state index is 13.4. The van der Waals surface area contributed by atoms with Crippen molar-refractivity contribution in [2.45, 2.75) is 18.9 Å². The largest absolute Gasteiger partial charge is 0.388 e. The zero-order valence-corrected chi connectivity index (χ0v) is 11.2. The van der Waals surface area contributed by atoms with Gasteiger partial charge in [-0.05, 0) is 47.9 Å². The number of hydrogen-bond donors (Lipinski definition) is 2. The molecule has 0 amide bonds. The molecule has 0 radical (unpaired) electrons. The van der Waals surface area contributed by atoms with Crippen LogP contribution in [0.15, 0.2) is 42.5 Å². The van der Waals surface area contributed by atoms with Crippen LogP contribution in [0.25, 0.3) is 0 Å². The molecule has 0 heterocycles. The summed E-state index contributed by atoms with van der Waals surface area (Å²) in [4.78, 5) is 0. The minimum absolute atomic E-state index is 0.183. The van der Waals surface area contributed by atoms with E-state index in [-0.39, 0.29) is 12.4 Å². The van der Waals surface area contributed by atoms with E-state index in [0.717, 1.165) is 11.1 Å². The number of rotatable bonds is 4. The lowest BCUT2D eigenvalue weighted by Crippen LogP contribution is -2.20. The second kappa shape index (κ2) is 6.11. The first-order valence-electron chi connectivity index (χ1n) is 6.42. The van der Waals surface area contributed by atoms with E-state index < -0.39 is 17.8 Å². The van der Waals surface area contributed by atoms with Crippen LogP contribution in [0.4, 0.5) is 8.78 Å². The van der Waals surface area contributed by atoms with Gasteiger partial charge in [-0.1, -0.05) is 18.2 Å². The molecule has 2 nitrogen and oxygen atoms in total. The first-order valence-corrected chi connectivity index (χ1v) is 6.42. The van der Waals surface area contributed by atoms with Gasteiger partial charge in [0.2, 0.25) is 0 Å². The fraction of sp³-hybridized carbons (Fsp3) is 0.250. The van der Waals surface area contributed by atoms with E-state index in [0.29, 0.717) is 5.56 Å². The van der Waals surface area contributed by atoms with E-state index in [9.17, 15) is 13.9 Å². The van der Waals surface area contributed by atoms with Crippen LogP contribution in [0.1, 0.15) is 28.7 Å². The molecular formula is C16H17F2NO. The highest BCUT2D eigenvalue weighted by molar-refractivity contribution is 5.30. The number of aryl methyl sites for hydroxylation is 1. The second-order valence-electron chi connectivity index (χ2n) is 4.90. The summed E-state index contributed by atoms with van der Waals surface area (Å²) in [6, 6.07) is 10.2. The summed E-state index contributed by atoms with van der Waals surface area (Å²) >= 11 is 0. The first-order chi connectivity index (χ1) is 9.51. The predicted molar refractivity (Wildman–Crippen MR) is 74.3 cm³/mol. The van der Waals surface area contributed by atoms with Crippen molar-refractivity contribution < 1.29 is 13.9 Å². The van der Waals surface area contributed by atoms with Crippen molar-refractivity contribution in [1.29, 1.82) is 0 Å². The van der Waals surface area contributed by atoms with Crippen molar-refractivity contribution in [3.05, 3.63) is 70.8 Å². The van der Waals surface area contributed by atoms with Gasteiger partial charge in [-0.25, -0.2) is 8.78 Å². The van der Waals surface area contributed by atoms with Crippen molar-refractivity contribution in [1.82, 2.24) is 0 Å². The summed E-state index contributed by atoms with van der Waals surface area (Å²) in [6.07, 6.45) is -0.931. The molecule has 2 aromatic carbocycles. The molecule has 2 atom stereocenters. The normalized spacial score (nSPS) is 14.1. The van der Waals surface area contributed by atoms with Crippen molar-refractivity contribution in [2.75, 3.05) is 6.54 Å². The van der Waals surface area contributed by atoms with Crippen LogP contribution < -0.4 is 5.73 Å². The molecule has 0 spiro atoms. The van der Waals surface area contributed by atoms with E-state index in [1.807, 2.05) is 0 Å². The molecular weight excluding hydrogens is 260 g/mol. The Morgan fingerprint density at radius 2 is 1.65 bits per heavy atom. The Kier molecular flexibility index (Phi) is 4.47. The summed E-state index contributed by atoms with van der Waals surface area (Å²) < 4.78 is 26.4. The van der Waals surface area contributed by atoms with Crippen LogP contribution >= 0.6 is 0 Å². The van der Waals surface area contributed by atoms with Gasteiger partial charge in [-0.3, -0.25) is 0 Å². The minimum Gasteiger partial charge on any atom is -0.388 e. The summed E-state index contributed by atoms with van der Waals surface area (Å²) in [7, 11) is 0. The Labute approximate surface area is 116 Å². The minimum atomic E-state index is -0.931. The molecule has 0 aliphatic carbocycles. The van der Waals surface area contributed by atoms with Gasteiger partial charge in [0.25, 0.3) is 0 Å². The van der Waals surface area contributed by atoms with Crippen LogP contribution in [0.3, 0.4) is 0 Å². The monoisotopic (exact) mass is 277 g/mol. The van der Waals surface area contributed by atoms with Gasteiger partial charge in [0, 0.05) is 12.5 Å². The van der Waals surface area contributed by atoms with Crippen LogP contribution in [0.5, 0.6) is 0 Å². The van der Waals surface area contributed by atoms with Gasteiger partial charge < -0.3 is 10.8 Å². The van der Waals surface area contributed by atoms with E-state index in [2.05, 4.69) is 0 Å². The quantitative estimate of drug-likeness (QED) is 0.902. The SMILES string of the molecule is Cc1cc(F)cc(C(O)C(CN)c2ccc(F)cc2)c1. The van der Waals surface area contributed by atoms with Gasteiger partial charge in [-0.15, -0.1) is 0 Å². The lowest BCUT2D eigenvalue weighted by atomic mass is 9.88. The fourth-order valence-corrected chi connectivity index (χ4v) is 2.32. The number of aliphatic hydroxyl groups excluding tert-OH is 1. The lowest BCUT2D eigenvalue weighted by molar-refractivity contribution is 0.147. The molecule has 2 unspecified atom stereocenters. The number of hydrogen-bond acceptors (Lipinski definition) is 2. The standard InChI is InChI=1S/C16H17F2NO/c1-10-6-12(8-14(18)7-10)16(20)15(9-19)11-2-4-13(17)5-3-11/h2-8,15-16,20H,9,19H2,1H3. The Hall–Kier alpha value is -1.78. The molecule has 2 aromatic rings. The fourth-order valence-electron chi connectivity index (χ4n) is 2.32. The summed E-state index contributed by atoms with van der Waals surface area (Å²) in [6.45, 7) is 1.94. The Balaban J connectivity index is 2.33. The third-order valence-electron chi connectivity index (χ3n) is 3.34. The summed E-state index contributed by atoms with van der Waals surface area (Å²) in [5, 5.41) is 10.4. The molecule has 20 heavy (non-hydrogen) atoms. The van der Waals surface area contributed by atoms with E-state index in [1.165, 1.54) is 24.3 Å². The number of aliphatic hydroxyl groups is 1. The summed E-state index contributed by atoms with van der Waals surface area (Å²) in [5.41, 5.74) is 7.64. The highest BCUT2D eigenvalue weighted by atomic mass is 19.1. The number of halogens is 2. The van der Waals surface area contributed by atoms with E-state index in [4.69, 9.17) is 5.73 Å². The molecule has 0 aliphatic heterocycles. The average molecular weight is 277 g/mol. The second-order valence-corrected chi connectivity index (χ2v) is 4.90. The molecule has 4 heteroatoms. The number of nitrogens with two attached hydrogens (primary N) is 1. The maximum Gasteiger partial charge on any atom is 0.123 e. The van der Waals surface area contributed by atoms with E-state index in [1.54, 1.807) is 25.1 Å². The van der Waals surface area contributed by atoms with Crippen LogP contribution in [0.2, 0.25) is 0 Å². The predicted octanol–water partition coefficient (Wildman–Crippen LogP) is 3.05. The van der Waals surface area contributed by atoms with Gasteiger partial charge >= 0.3 is 0 Å². The molecule has 0 aromatic heterocycles. The van der Waals surface area contributed by atoms with Crippen molar-refractivity contribution >= 4 is 0 Å². The molecule has 0 saturated carbocycles.